The fraction of sp³-hybridized carbons (Fsp3) is 0.267. The molecule has 2 aliphatic rings. The minimum Gasteiger partial charge on any atom is -0.457 e. The number of benzene rings is 2. The van der Waals surface area contributed by atoms with Gasteiger partial charge in [-0.25, -0.2) is 0 Å². The number of nitrogens with zero attached hydrogens (tertiary/aromatic N) is 3. The van der Waals surface area contributed by atoms with Crippen molar-refractivity contribution in [1.82, 2.24) is 9.88 Å². The molecule has 3 aromatic rings. The van der Waals surface area contributed by atoms with Crippen LogP contribution in [0.4, 0.5) is 5.69 Å². The van der Waals surface area contributed by atoms with E-state index in [1.807, 2.05) is 60.7 Å². The highest BCUT2D eigenvalue weighted by molar-refractivity contribution is 6.05. The third kappa shape index (κ3) is 5.52. The first-order valence-corrected chi connectivity index (χ1v) is 12.8. The molecule has 5 rings (SSSR count). The average Bonchev–Trinajstić information content (AvgIpc) is 3.76. The van der Waals surface area contributed by atoms with Gasteiger partial charge in [0.2, 0.25) is 0 Å². The highest BCUT2D eigenvalue weighted by Crippen LogP contribution is 2.35. The number of nitrogens with one attached hydrogen (secondary N) is 1. The number of hydrogen-bond donors (Lipinski definition) is 3. The number of pyridine rings is 1. The maximum atomic E-state index is 12.8. The number of amidine groups is 1. The molecule has 0 spiro atoms. The smallest absolute Gasteiger partial charge is 0.264 e. The normalized spacial score (nSPS) is 16.1. The quantitative estimate of drug-likeness (QED) is 0.179. The number of anilines is 1. The molecule has 2 fully saturated rings. The van der Waals surface area contributed by atoms with Crippen LogP contribution in [-0.4, -0.2) is 34.7 Å². The lowest BCUT2D eigenvalue weighted by Gasteiger charge is -2.32. The summed E-state index contributed by atoms with van der Waals surface area (Å²) in [5, 5.41) is 17.6. The molecule has 5 N–H and O–H groups in total. The highest BCUT2D eigenvalue weighted by Gasteiger charge is 2.29. The fourth-order valence-electron chi connectivity index (χ4n) is 4.80. The standard InChI is InChI=1S/C30H30N6O2/c31-18-22(16-19-6-7-19)30(37)36-14-12-20(13-15-36)26-17-25(32)27(29(33)34)28(35-26)21-8-10-24(11-9-21)38-23-4-2-1-3-5-23/h1-5,8-11,16-17,19-20H,6-7,12-15H2,(H2,32,35)(H3,33,34)/b22-16+. The van der Waals surface area contributed by atoms with E-state index in [4.69, 9.17) is 26.6 Å². The number of allylic oxidation sites excluding steroid dienone is 1. The van der Waals surface area contributed by atoms with Crippen molar-refractivity contribution in [3.8, 4) is 28.8 Å². The van der Waals surface area contributed by atoms with E-state index >= 15 is 0 Å². The number of piperidine rings is 1. The molecule has 1 saturated carbocycles. The minimum atomic E-state index is -0.184. The zero-order chi connectivity index (χ0) is 26.6. The topological polar surface area (TPSA) is 142 Å². The Morgan fingerprint density at radius 1 is 1.05 bits per heavy atom. The van der Waals surface area contributed by atoms with Gasteiger partial charge in [0.25, 0.3) is 5.91 Å². The van der Waals surface area contributed by atoms with Gasteiger partial charge in [-0.15, -0.1) is 0 Å². The molecule has 8 nitrogen and oxygen atoms in total. The molecule has 1 aromatic heterocycles. The van der Waals surface area contributed by atoms with Crippen molar-refractivity contribution in [1.29, 1.82) is 10.7 Å². The molecular weight excluding hydrogens is 476 g/mol. The molecule has 1 aliphatic carbocycles. The fourth-order valence-corrected chi connectivity index (χ4v) is 4.80. The summed E-state index contributed by atoms with van der Waals surface area (Å²) in [5.74, 6) is 1.56. The number of amides is 1. The van der Waals surface area contributed by atoms with Crippen LogP contribution >= 0.6 is 0 Å². The minimum absolute atomic E-state index is 0.0970. The van der Waals surface area contributed by atoms with Crippen LogP contribution in [0.3, 0.4) is 0 Å². The van der Waals surface area contributed by atoms with Crippen molar-refractivity contribution < 1.29 is 9.53 Å². The van der Waals surface area contributed by atoms with Crippen LogP contribution in [0.1, 0.15) is 42.9 Å². The number of carbonyl (C=O) groups is 1. The Kier molecular flexibility index (Phi) is 7.09. The molecule has 2 aromatic carbocycles. The Morgan fingerprint density at radius 3 is 2.32 bits per heavy atom. The van der Waals surface area contributed by atoms with Gasteiger partial charge >= 0.3 is 0 Å². The third-order valence-corrected chi connectivity index (χ3v) is 7.02. The van der Waals surface area contributed by atoms with Crippen LogP contribution in [0.25, 0.3) is 11.3 Å². The van der Waals surface area contributed by atoms with Crippen LogP contribution in [0, 0.1) is 22.7 Å². The SMILES string of the molecule is N#C/C(=C\C1CC1)C(=O)N1CCC(c2cc(N)c(C(=N)N)c(-c3ccc(Oc4ccccc4)cc3)n2)CC1. The predicted molar refractivity (Wildman–Crippen MR) is 147 cm³/mol. The monoisotopic (exact) mass is 506 g/mol. The van der Waals surface area contributed by atoms with Gasteiger partial charge in [0.05, 0.1) is 11.3 Å². The zero-order valence-electron chi connectivity index (χ0n) is 21.1. The summed E-state index contributed by atoms with van der Waals surface area (Å²) in [4.78, 5) is 19.5. The van der Waals surface area contributed by atoms with E-state index in [2.05, 4.69) is 6.07 Å². The molecule has 2 heterocycles. The number of nitrogens with two attached hydrogens (primary N) is 2. The van der Waals surface area contributed by atoms with Crippen LogP contribution in [0.5, 0.6) is 11.5 Å². The van der Waals surface area contributed by atoms with E-state index in [-0.39, 0.29) is 23.2 Å². The largest absolute Gasteiger partial charge is 0.457 e. The number of nitriles is 1. The lowest BCUT2D eigenvalue weighted by Crippen LogP contribution is -2.38. The van der Waals surface area contributed by atoms with Gasteiger partial charge in [0.1, 0.15) is 29.0 Å². The second-order valence-corrected chi connectivity index (χ2v) is 9.81. The van der Waals surface area contributed by atoms with Gasteiger partial charge in [-0.2, -0.15) is 5.26 Å². The van der Waals surface area contributed by atoms with Crippen LogP contribution < -0.4 is 16.2 Å². The Balaban J connectivity index is 1.35. The summed E-state index contributed by atoms with van der Waals surface area (Å²) in [6.45, 7) is 1.09. The van der Waals surface area contributed by atoms with E-state index in [9.17, 15) is 10.1 Å². The van der Waals surface area contributed by atoms with Crippen molar-refractivity contribution in [2.45, 2.75) is 31.6 Å². The van der Waals surface area contributed by atoms with Gasteiger partial charge in [0, 0.05) is 36.0 Å². The number of aromatic nitrogens is 1. The second-order valence-electron chi connectivity index (χ2n) is 9.81. The lowest BCUT2D eigenvalue weighted by molar-refractivity contribution is -0.127. The maximum absolute atomic E-state index is 12.8. The van der Waals surface area contributed by atoms with Crippen molar-refractivity contribution in [2.75, 3.05) is 18.8 Å². The van der Waals surface area contributed by atoms with E-state index in [0.29, 0.717) is 54.5 Å². The zero-order valence-corrected chi connectivity index (χ0v) is 21.1. The Morgan fingerprint density at radius 2 is 1.71 bits per heavy atom. The summed E-state index contributed by atoms with van der Waals surface area (Å²) in [5.41, 5.74) is 15.5. The number of hydrogen-bond acceptors (Lipinski definition) is 6. The number of nitrogen functional groups attached to an aromatic ring is 2. The number of para-hydroxylation sites is 1. The average molecular weight is 507 g/mol. The third-order valence-electron chi connectivity index (χ3n) is 7.02. The first-order chi connectivity index (χ1) is 18.4. The summed E-state index contributed by atoms with van der Waals surface area (Å²) in [6.07, 6.45) is 5.34. The van der Waals surface area contributed by atoms with Gasteiger partial charge in [-0.05, 0) is 74.1 Å². The van der Waals surface area contributed by atoms with Gasteiger partial charge in [-0.3, -0.25) is 15.2 Å². The summed E-state index contributed by atoms with van der Waals surface area (Å²) >= 11 is 0. The van der Waals surface area contributed by atoms with Crippen molar-refractivity contribution in [3.63, 3.8) is 0 Å². The van der Waals surface area contributed by atoms with E-state index < -0.39 is 0 Å². The highest BCUT2D eigenvalue weighted by atomic mass is 16.5. The van der Waals surface area contributed by atoms with Gasteiger partial charge in [0.15, 0.2) is 0 Å². The summed E-state index contributed by atoms with van der Waals surface area (Å²) in [7, 11) is 0. The van der Waals surface area contributed by atoms with E-state index in [1.54, 1.807) is 11.0 Å². The molecule has 0 unspecified atom stereocenters. The van der Waals surface area contributed by atoms with Crippen LogP contribution in [-0.2, 0) is 4.79 Å². The maximum Gasteiger partial charge on any atom is 0.264 e. The predicted octanol–water partition coefficient (Wildman–Crippen LogP) is 4.97. The van der Waals surface area contributed by atoms with E-state index in [1.165, 1.54) is 0 Å². The van der Waals surface area contributed by atoms with Gasteiger partial charge in [-0.1, -0.05) is 24.3 Å². The summed E-state index contributed by atoms with van der Waals surface area (Å²) in [6, 6.07) is 20.9. The molecular formula is C30H30N6O2. The Hall–Kier alpha value is -4.64. The number of ether oxygens (including phenoxy) is 1. The molecule has 0 bridgehead atoms. The molecule has 8 heteroatoms. The molecule has 0 radical (unpaired) electrons. The molecule has 1 aliphatic heterocycles. The first-order valence-electron chi connectivity index (χ1n) is 12.8. The molecule has 1 saturated heterocycles. The Labute approximate surface area is 222 Å². The second kappa shape index (κ2) is 10.8. The van der Waals surface area contributed by atoms with Crippen molar-refractivity contribution >= 4 is 17.4 Å². The Bertz CT molecular complexity index is 1410. The molecule has 1 amide bonds. The van der Waals surface area contributed by atoms with Crippen molar-refractivity contribution in [3.05, 3.63) is 83.6 Å². The lowest BCUT2D eigenvalue weighted by atomic mass is 9.91. The van der Waals surface area contributed by atoms with E-state index in [0.717, 1.165) is 29.8 Å². The number of rotatable bonds is 7. The number of likely N-dealkylation sites (tertiary alicyclic amines) is 1. The van der Waals surface area contributed by atoms with Crippen LogP contribution in [0.15, 0.2) is 72.3 Å². The molecule has 38 heavy (non-hydrogen) atoms. The molecule has 0 atom stereocenters. The van der Waals surface area contributed by atoms with Crippen molar-refractivity contribution in [2.24, 2.45) is 11.7 Å². The summed E-state index contributed by atoms with van der Waals surface area (Å²) < 4.78 is 5.90. The van der Waals surface area contributed by atoms with Crippen LogP contribution in [0.2, 0.25) is 0 Å². The number of carbonyl (C=O) groups excluding carboxylic acids is 1. The van der Waals surface area contributed by atoms with Gasteiger partial charge < -0.3 is 21.1 Å². The first kappa shape index (κ1) is 25.0. The molecule has 192 valence electrons.